The van der Waals surface area contributed by atoms with Crippen LogP contribution in [0, 0.1) is 11.7 Å². The fourth-order valence-electron chi connectivity index (χ4n) is 3.08. The molecule has 1 aromatic rings. The third kappa shape index (κ3) is 3.35. The predicted molar refractivity (Wildman–Crippen MR) is 81.8 cm³/mol. The molecule has 3 nitrogen and oxygen atoms in total. The molecular weight excluding hydrogens is 255 g/mol. The van der Waals surface area contributed by atoms with Gasteiger partial charge in [0.25, 0.3) is 0 Å². The van der Waals surface area contributed by atoms with E-state index in [1.165, 1.54) is 25.3 Å². The number of nitrogens with two attached hydrogens (primary N) is 1. The maximum Gasteiger partial charge on any atom is 0.148 e. The molecule has 0 aliphatic carbocycles. The zero-order chi connectivity index (χ0) is 14.5. The number of benzene rings is 1. The molecule has 1 atom stereocenters. The van der Waals surface area contributed by atoms with Crippen LogP contribution < -0.4 is 15.4 Å². The highest BCUT2D eigenvalue weighted by Crippen LogP contribution is 2.33. The van der Waals surface area contributed by atoms with Crippen LogP contribution in [0.15, 0.2) is 12.1 Å². The summed E-state index contributed by atoms with van der Waals surface area (Å²) in [7, 11) is 1.56. The number of rotatable bonds is 4. The van der Waals surface area contributed by atoms with Crippen LogP contribution >= 0.6 is 0 Å². The number of ether oxygens (including phenoxy) is 1. The number of methoxy groups -OCH3 is 1. The standard InChI is InChI=1S/C16H25FN2O/c1-3-5-12-6-4-8-19(9-7-12)15-11-16(20-2)14(18)10-13(15)17/h10-12H,3-9,18H2,1-2H3. The summed E-state index contributed by atoms with van der Waals surface area (Å²) in [6.07, 6.45) is 6.02. The Balaban J connectivity index is 2.15. The van der Waals surface area contributed by atoms with Gasteiger partial charge in [0.1, 0.15) is 11.6 Å². The molecule has 1 heterocycles. The largest absolute Gasteiger partial charge is 0.495 e. The molecule has 0 amide bonds. The van der Waals surface area contributed by atoms with E-state index in [-0.39, 0.29) is 5.82 Å². The van der Waals surface area contributed by atoms with Crippen LogP contribution in [0.1, 0.15) is 39.0 Å². The van der Waals surface area contributed by atoms with E-state index < -0.39 is 0 Å². The highest BCUT2D eigenvalue weighted by atomic mass is 19.1. The summed E-state index contributed by atoms with van der Waals surface area (Å²) in [5.74, 6) is 1.08. The molecule has 20 heavy (non-hydrogen) atoms. The number of hydrogen-bond donors (Lipinski definition) is 1. The van der Waals surface area contributed by atoms with Gasteiger partial charge in [-0.3, -0.25) is 0 Å². The lowest BCUT2D eigenvalue weighted by Crippen LogP contribution is -2.25. The van der Waals surface area contributed by atoms with E-state index in [1.807, 2.05) is 0 Å². The fraction of sp³-hybridized carbons (Fsp3) is 0.625. The van der Waals surface area contributed by atoms with Crippen molar-refractivity contribution in [2.24, 2.45) is 5.92 Å². The van der Waals surface area contributed by atoms with Crippen LogP contribution in [-0.4, -0.2) is 20.2 Å². The molecule has 1 aliphatic heterocycles. The van der Waals surface area contributed by atoms with Crippen LogP contribution in [0.25, 0.3) is 0 Å². The second-order valence-electron chi connectivity index (χ2n) is 5.62. The molecular formula is C16H25FN2O. The second kappa shape index (κ2) is 6.82. The summed E-state index contributed by atoms with van der Waals surface area (Å²) in [5, 5.41) is 0. The number of anilines is 2. The van der Waals surface area contributed by atoms with Gasteiger partial charge in [0.2, 0.25) is 0 Å². The van der Waals surface area contributed by atoms with Crippen LogP contribution in [0.2, 0.25) is 0 Å². The van der Waals surface area contributed by atoms with Gasteiger partial charge in [-0.2, -0.15) is 0 Å². The Kier molecular flexibility index (Phi) is 5.10. The molecule has 4 heteroatoms. The molecule has 2 rings (SSSR count). The van der Waals surface area contributed by atoms with E-state index in [9.17, 15) is 4.39 Å². The Morgan fingerprint density at radius 1 is 1.35 bits per heavy atom. The third-order valence-electron chi connectivity index (χ3n) is 4.18. The second-order valence-corrected chi connectivity index (χ2v) is 5.62. The van der Waals surface area contributed by atoms with Crippen LogP contribution in [-0.2, 0) is 0 Å². The third-order valence-corrected chi connectivity index (χ3v) is 4.18. The summed E-state index contributed by atoms with van der Waals surface area (Å²) >= 11 is 0. The Morgan fingerprint density at radius 3 is 2.85 bits per heavy atom. The molecule has 0 saturated carbocycles. The molecule has 1 unspecified atom stereocenters. The summed E-state index contributed by atoms with van der Waals surface area (Å²) in [6, 6.07) is 3.09. The maximum absolute atomic E-state index is 14.2. The van der Waals surface area contributed by atoms with Gasteiger partial charge in [0.15, 0.2) is 0 Å². The first-order chi connectivity index (χ1) is 9.65. The molecule has 0 bridgehead atoms. The van der Waals surface area contributed by atoms with E-state index in [4.69, 9.17) is 10.5 Å². The first kappa shape index (κ1) is 14.9. The van der Waals surface area contributed by atoms with Crippen LogP contribution in [0.4, 0.5) is 15.8 Å². The average molecular weight is 280 g/mol. The van der Waals surface area contributed by atoms with Gasteiger partial charge >= 0.3 is 0 Å². The Hall–Kier alpha value is -1.45. The smallest absolute Gasteiger partial charge is 0.148 e. The van der Waals surface area contributed by atoms with E-state index in [2.05, 4.69) is 11.8 Å². The zero-order valence-corrected chi connectivity index (χ0v) is 12.5. The maximum atomic E-state index is 14.2. The first-order valence-electron chi connectivity index (χ1n) is 7.53. The molecule has 2 N–H and O–H groups in total. The highest BCUT2D eigenvalue weighted by molar-refractivity contribution is 5.63. The van der Waals surface area contributed by atoms with Crippen molar-refractivity contribution in [3.63, 3.8) is 0 Å². The van der Waals surface area contributed by atoms with Crippen molar-refractivity contribution in [1.82, 2.24) is 0 Å². The molecule has 0 aromatic heterocycles. The summed E-state index contributed by atoms with van der Waals surface area (Å²) in [6.45, 7) is 4.05. The van der Waals surface area contributed by atoms with Crippen molar-refractivity contribution in [1.29, 1.82) is 0 Å². The Morgan fingerprint density at radius 2 is 2.15 bits per heavy atom. The van der Waals surface area contributed by atoms with E-state index >= 15 is 0 Å². The van der Waals surface area contributed by atoms with Gasteiger partial charge in [-0.25, -0.2) is 4.39 Å². The molecule has 1 aliphatic rings. The van der Waals surface area contributed by atoms with E-state index in [0.717, 1.165) is 31.8 Å². The van der Waals surface area contributed by atoms with Gasteiger partial charge in [-0.05, 0) is 25.2 Å². The Bertz CT molecular complexity index is 450. The van der Waals surface area contributed by atoms with Crippen molar-refractivity contribution >= 4 is 11.4 Å². The zero-order valence-electron chi connectivity index (χ0n) is 12.5. The van der Waals surface area contributed by atoms with E-state index in [0.29, 0.717) is 17.1 Å². The average Bonchev–Trinajstić information content (AvgIpc) is 2.65. The van der Waals surface area contributed by atoms with Crippen LogP contribution in [0.3, 0.4) is 0 Å². The number of nitrogen functional groups attached to an aromatic ring is 1. The number of halogens is 1. The SMILES string of the molecule is CCCC1CCCN(c2cc(OC)c(N)cc2F)CC1. The lowest BCUT2D eigenvalue weighted by molar-refractivity contribution is 0.416. The summed E-state index contributed by atoms with van der Waals surface area (Å²) in [4.78, 5) is 2.13. The van der Waals surface area contributed by atoms with Crippen molar-refractivity contribution < 1.29 is 9.13 Å². The van der Waals surface area contributed by atoms with E-state index in [1.54, 1.807) is 13.2 Å². The summed E-state index contributed by atoms with van der Waals surface area (Å²) < 4.78 is 19.4. The predicted octanol–water partition coefficient (Wildman–Crippen LogP) is 3.82. The normalized spacial score (nSPS) is 19.8. The van der Waals surface area contributed by atoms with Gasteiger partial charge in [-0.1, -0.05) is 19.8 Å². The molecule has 1 fully saturated rings. The first-order valence-corrected chi connectivity index (χ1v) is 7.53. The molecule has 0 spiro atoms. The molecule has 112 valence electrons. The van der Waals surface area contributed by atoms with Crippen molar-refractivity contribution in [2.75, 3.05) is 30.8 Å². The highest BCUT2D eigenvalue weighted by Gasteiger charge is 2.20. The van der Waals surface area contributed by atoms with Crippen molar-refractivity contribution in [3.8, 4) is 5.75 Å². The van der Waals surface area contributed by atoms with Gasteiger partial charge < -0.3 is 15.4 Å². The topological polar surface area (TPSA) is 38.5 Å². The fourth-order valence-corrected chi connectivity index (χ4v) is 3.08. The van der Waals surface area contributed by atoms with Gasteiger partial charge in [0, 0.05) is 25.2 Å². The van der Waals surface area contributed by atoms with Crippen LogP contribution in [0.5, 0.6) is 5.75 Å². The van der Waals surface area contributed by atoms with Gasteiger partial charge in [0.05, 0.1) is 18.5 Å². The Labute approximate surface area is 120 Å². The van der Waals surface area contributed by atoms with Crippen molar-refractivity contribution in [3.05, 3.63) is 17.9 Å². The summed E-state index contributed by atoms with van der Waals surface area (Å²) in [5.41, 5.74) is 6.71. The molecule has 1 aromatic carbocycles. The minimum Gasteiger partial charge on any atom is -0.495 e. The lowest BCUT2D eigenvalue weighted by Gasteiger charge is -2.24. The lowest BCUT2D eigenvalue weighted by atomic mass is 9.96. The monoisotopic (exact) mass is 280 g/mol. The quantitative estimate of drug-likeness (QED) is 0.852. The number of nitrogens with zero attached hydrogens (tertiary/aromatic N) is 1. The molecule has 0 radical (unpaired) electrons. The number of hydrogen-bond acceptors (Lipinski definition) is 3. The van der Waals surface area contributed by atoms with Gasteiger partial charge in [-0.15, -0.1) is 0 Å². The minimum atomic E-state index is -0.253. The van der Waals surface area contributed by atoms with Crippen molar-refractivity contribution in [2.45, 2.75) is 39.0 Å². The minimum absolute atomic E-state index is 0.253. The molecule has 1 saturated heterocycles.